The Morgan fingerprint density at radius 1 is 1.32 bits per heavy atom. The topological polar surface area (TPSA) is 50.7 Å². The third-order valence-corrected chi connectivity index (χ3v) is 3.53. The predicted molar refractivity (Wildman–Crippen MR) is 74.6 cm³/mol. The van der Waals surface area contributed by atoms with Crippen molar-refractivity contribution in [2.24, 2.45) is 0 Å². The van der Waals surface area contributed by atoms with Crippen molar-refractivity contribution in [3.05, 3.63) is 41.9 Å². The zero-order valence-electron chi connectivity index (χ0n) is 11.1. The Kier molecular flexibility index (Phi) is 3.51. The van der Waals surface area contributed by atoms with Crippen LogP contribution in [-0.2, 0) is 6.42 Å². The van der Waals surface area contributed by atoms with E-state index in [0.29, 0.717) is 6.04 Å². The maximum Gasteiger partial charge on any atom is 0.178 e. The summed E-state index contributed by atoms with van der Waals surface area (Å²) in [5.74, 6) is 0.733. The SMILES string of the molecule is CCNC1CCCc2nc(-c3ccccn3)ncc21. The van der Waals surface area contributed by atoms with E-state index in [1.807, 2.05) is 24.4 Å². The van der Waals surface area contributed by atoms with Gasteiger partial charge in [0.15, 0.2) is 5.82 Å². The van der Waals surface area contributed by atoms with Crippen LogP contribution >= 0.6 is 0 Å². The Bertz CT molecular complexity index is 553. The van der Waals surface area contributed by atoms with Gasteiger partial charge in [-0.2, -0.15) is 0 Å². The molecule has 3 rings (SSSR count). The highest BCUT2D eigenvalue weighted by atomic mass is 15.0. The minimum absolute atomic E-state index is 0.409. The summed E-state index contributed by atoms with van der Waals surface area (Å²) < 4.78 is 0. The lowest BCUT2D eigenvalue weighted by Gasteiger charge is -2.25. The van der Waals surface area contributed by atoms with Gasteiger partial charge in [-0.15, -0.1) is 0 Å². The highest BCUT2D eigenvalue weighted by Gasteiger charge is 2.21. The van der Waals surface area contributed by atoms with Gasteiger partial charge in [0.1, 0.15) is 5.69 Å². The lowest BCUT2D eigenvalue weighted by atomic mass is 9.92. The van der Waals surface area contributed by atoms with Crippen molar-refractivity contribution in [1.29, 1.82) is 0 Å². The molecule has 4 heteroatoms. The summed E-state index contributed by atoms with van der Waals surface area (Å²) in [6, 6.07) is 6.23. The molecular weight excluding hydrogens is 236 g/mol. The van der Waals surface area contributed by atoms with E-state index < -0.39 is 0 Å². The first kappa shape index (κ1) is 12.2. The van der Waals surface area contributed by atoms with Gasteiger partial charge in [0.2, 0.25) is 0 Å². The van der Waals surface area contributed by atoms with Crippen molar-refractivity contribution in [2.45, 2.75) is 32.2 Å². The van der Waals surface area contributed by atoms with Crippen LogP contribution in [0.2, 0.25) is 0 Å². The monoisotopic (exact) mass is 254 g/mol. The van der Waals surface area contributed by atoms with Gasteiger partial charge in [-0.3, -0.25) is 4.98 Å². The number of nitrogens with one attached hydrogen (secondary N) is 1. The number of hydrogen-bond acceptors (Lipinski definition) is 4. The molecule has 0 bridgehead atoms. The second-order valence-electron chi connectivity index (χ2n) is 4.81. The molecule has 0 amide bonds. The fourth-order valence-corrected chi connectivity index (χ4v) is 2.62. The molecule has 1 aliphatic rings. The van der Waals surface area contributed by atoms with E-state index in [2.05, 4.69) is 22.2 Å². The van der Waals surface area contributed by atoms with Crippen LogP contribution in [0.15, 0.2) is 30.6 Å². The fraction of sp³-hybridized carbons (Fsp3) is 0.400. The van der Waals surface area contributed by atoms with Gasteiger partial charge >= 0.3 is 0 Å². The lowest BCUT2D eigenvalue weighted by molar-refractivity contribution is 0.464. The van der Waals surface area contributed by atoms with E-state index in [9.17, 15) is 0 Å². The number of aryl methyl sites for hydroxylation is 1. The first-order valence-corrected chi connectivity index (χ1v) is 6.89. The Labute approximate surface area is 113 Å². The molecule has 1 unspecified atom stereocenters. The van der Waals surface area contributed by atoms with Crippen molar-refractivity contribution >= 4 is 0 Å². The summed E-state index contributed by atoms with van der Waals surface area (Å²) in [7, 11) is 0. The number of pyridine rings is 1. The summed E-state index contributed by atoms with van der Waals surface area (Å²) in [5, 5.41) is 3.50. The molecule has 0 radical (unpaired) electrons. The van der Waals surface area contributed by atoms with Crippen LogP contribution in [0.25, 0.3) is 11.5 Å². The van der Waals surface area contributed by atoms with Crippen LogP contribution in [0.1, 0.15) is 37.1 Å². The van der Waals surface area contributed by atoms with Crippen LogP contribution in [0.4, 0.5) is 0 Å². The summed E-state index contributed by atoms with van der Waals surface area (Å²) in [5.41, 5.74) is 3.27. The smallest absolute Gasteiger partial charge is 0.178 e. The van der Waals surface area contributed by atoms with Crippen molar-refractivity contribution in [1.82, 2.24) is 20.3 Å². The third kappa shape index (κ3) is 2.49. The summed E-state index contributed by atoms with van der Waals surface area (Å²) >= 11 is 0. The first-order valence-electron chi connectivity index (χ1n) is 6.89. The van der Waals surface area contributed by atoms with Crippen molar-refractivity contribution in [2.75, 3.05) is 6.54 Å². The first-order chi connectivity index (χ1) is 9.38. The number of rotatable bonds is 3. The fourth-order valence-electron chi connectivity index (χ4n) is 2.62. The molecule has 0 spiro atoms. The van der Waals surface area contributed by atoms with E-state index in [1.165, 1.54) is 24.1 Å². The van der Waals surface area contributed by atoms with Crippen LogP contribution in [0.3, 0.4) is 0 Å². The maximum atomic E-state index is 4.70. The van der Waals surface area contributed by atoms with Gasteiger partial charge < -0.3 is 5.32 Å². The number of nitrogens with zero attached hydrogens (tertiary/aromatic N) is 3. The minimum Gasteiger partial charge on any atom is -0.310 e. The van der Waals surface area contributed by atoms with Crippen LogP contribution in [-0.4, -0.2) is 21.5 Å². The lowest BCUT2D eigenvalue weighted by Crippen LogP contribution is -2.25. The van der Waals surface area contributed by atoms with Crippen LogP contribution < -0.4 is 5.32 Å². The number of aromatic nitrogens is 3. The second kappa shape index (κ2) is 5.45. The van der Waals surface area contributed by atoms with E-state index in [1.54, 1.807) is 6.20 Å². The molecule has 2 aromatic heterocycles. The van der Waals surface area contributed by atoms with Gasteiger partial charge in [-0.1, -0.05) is 13.0 Å². The molecule has 0 saturated carbocycles. The van der Waals surface area contributed by atoms with Gasteiger partial charge in [0.25, 0.3) is 0 Å². The molecule has 0 aliphatic heterocycles. The van der Waals surface area contributed by atoms with Crippen molar-refractivity contribution in [3.63, 3.8) is 0 Å². The molecule has 2 heterocycles. The molecule has 1 atom stereocenters. The number of fused-ring (bicyclic) bond motifs is 1. The van der Waals surface area contributed by atoms with Gasteiger partial charge in [0, 0.05) is 29.7 Å². The quantitative estimate of drug-likeness (QED) is 0.914. The summed E-state index contributed by atoms with van der Waals surface area (Å²) in [4.78, 5) is 13.5. The Hall–Kier alpha value is -1.81. The molecule has 0 fully saturated rings. The molecule has 19 heavy (non-hydrogen) atoms. The highest BCUT2D eigenvalue weighted by Crippen LogP contribution is 2.28. The third-order valence-electron chi connectivity index (χ3n) is 3.53. The molecule has 1 N–H and O–H groups in total. The molecular formula is C15H18N4. The van der Waals surface area contributed by atoms with E-state index in [4.69, 9.17) is 4.98 Å². The summed E-state index contributed by atoms with van der Waals surface area (Å²) in [6.45, 7) is 3.11. The number of hydrogen-bond donors (Lipinski definition) is 1. The van der Waals surface area contributed by atoms with E-state index in [0.717, 1.165) is 24.5 Å². The zero-order chi connectivity index (χ0) is 13.1. The Morgan fingerprint density at radius 2 is 2.26 bits per heavy atom. The molecule has 4 nitrogen and oxygen atoms in total. The van der Waals surface area contributed by atoms with E-state index >= 15 is 0 Å². The predicted octanol–water partition coefficient (Wildman–Crippen LogP) is 2.53. The summed E-state index contributed by atoms with van der Waals surface area (Å²) in [6.07, 6.45) is 7.15. The molecule has 2 aromatic rings. The van der Waals surface area contributed by atoms with Crippen molar-refractivity contribution < 1.29 is 0 Å². The average Bonchev–Trinajstić information content (AvgIpc) is 2.48. The van der Waals surface area contributed by atoms with E-state index in [-0.39, 0.29) is 0 Å². The van der Waals surface area contributed by atoms with Gasteiger partial charge in [0.05, 0.1) is 0 Å². The Balaban J connectivity index is 1.96. The largest absolute Gasteiger partial charge is 0.310 e. The molecule has 0 saturated heterocycles. The van der Waals surface area contributed by atoms with Gasteiger partial charge in [-0.25, -0.2) is 9.97 Å². The van der Waals surface area contributed by atoms with Gasteiger partial charge in [-0.05, 0) is 37.9 Å². The van der Waals surface area contributed by atoms with Crippen LogP contribution in [0.5, 0.6) is 0 Å². The van der Waals surface area contributed by atoms with Crippen LogP contribution in [0, 0.1) is 0 Å². The average molecular weight is 254 g/mol. The minimum atomic E-state index is 0.409. The molecule has 98 valence electrons. The normalized spacial score (nSPS) is 18.1. The highest BCUT2D eigenvalue weighted by molar-refractivity contribution is 5.49. The zero-order valence-corrected chi connectivity index (χ0v) is 11.1. The standard InChI is InChI=1S/C15H18N4/c1-2-16-12-7-5-8-13-11(12)10-18-15(19-13)14-6-3-4-9-17-14/h3-4,6,9-10,12,16H,2,5,7-8H2,1H3. The molecule has 0 aromatic carbocycles. The maximum absolute atomic E-state index is 4.70. The Morgan fingerprint density at radius 3 is 3.05 bits per heavy atom. The van der Waals surface area contributed by atoms with Crippen molar-refractivity contribution in [3.8, 4) is 11.5 Å². The molecule has 1 aliphatic carbocycles. The second-order valence-corrected chi connectivity index (χ2v) is 4.81.